The zero-order chi connectivity index (χ0) is 26.1. The Bertz CT molecular complexity index is 617. The van der Waals surface area contributed by atoms with E-state index in [4.69, 9.17) is 91.3 Å². The van der Waals surface area contributed by atoms with Crippen LogP contribution >= 0.6 is 94.0 Å². The molecule has 0 fully saturated rings. The number of aliphatic carboxylic acids is 2. The van der Waals surface area contributed by atoms with Crippen LogP contribution in [0.2, 0.25) is 0 Å². The molecule has 0 atom stereocenters. The maximum atomic E-state index is 11.4. The summed E-state index contributed by atoms with van der Waals surface area (Å²) in [6.07, 6.45) is 1.11. The number of carbonyl (C=O) groups excluding carboxylic acids is 2. The molecule has 0 aliphatic carbocycles. The highest BCUT2D eigenvalue weighted by Gasteiger charge is 2.30. The van der Waals surface area contributed by atoms with Crippen LogP contribution in [0.3, 0.4) is 0 Å². The molecule has 0 saturated carbocycles. The van der Waals surface area contributed by atoms with Gasteiger partial charge >= 0.3 is 11.9 Å². The van der Waals surface area contributed by atoms with Crippen LogP contribution in [0.25, 0.3) is 0 Å². The van der Waals surface area contributed by atoms with Crippen LogP contribution in [-0.4, -0.2) is 64.6 Å². The first-order valence-electron chi connectivity index (χ1n) is 8.00. The molecule has 0 radical (unpaired) electrons. The Morgan fingerprint density at radius 1 is 0.656 bits per heavy atom. The lowest BCUT2D eigenvalue weighted by molar-refractivity contribution is -0.136. The van der Waals surface area contributed by atoms with Gasteiger partial charge in [-0.15, -0.1) is 0 Å². The molecule has 186 valence electrons. The normalized spacial score (nSPS) is 10.3. The summed E-state index contributed by atoms with van der Waals surface area (Å²) < 4.78 is -4.33. The lowest BCUT2D eigenvalue weighted by atomic mass is 10.1. The first-order valence-corrected chi connectivity index (χ1v) is 11.1. The number of carbonyl (C=O) groups is 4. The van der Waals surface area contributed by atoms with Gasteiger partial charge in [0.2, 0.25) is 0 Å². The molecule has 0 amide bonds. The number of rotatable bonds is 9. The Labute approximate surface area is 224 Å². The van der Waals surface area contributed by atoms with E-state index in [9.17, 15) is 19.2 Å². The average Bonchev–Trinajstić information content (AvgIpc) is 2.58. The zero-order valence-electron chi connectivity index (χ0n) is 16.0. The summed E-state index contributed by atoms with van der Waals surface area (Å²) in [7, 11) is 0. The molecule has 18 heteroatoms. The third-order valence-electron chi connectivity index (χ3n) is 2.57. The SMILES string of the molecule is NC(=S)NCCC(=O)CCC(=O)CCNC(N)=S.O=C(O)C(Cl)(Cl)Cl.O=C(O)C(Cl)(Cl)Cl. The van der Waals surface area contributed by atoms with Crippen molar-refractivity contribution in [3.05, 3.63) is 0 Å². The number of halogens is 6. The fourth-order valence-electron chi connectivity index (χ4n) is 1.18. The molecule has 0 saturated heterocycles. The van der Waals surface area contributed by atoms with Gasteiger partial charge in [0.1, 0.15) is 11.6 Å². The Hall–Kier alpha value is -0.600. The topological polar surface area (TPSA) is 185 Å². The number of Topliss-reactive ketones (excluding diaryl/α,β-unsaturated/α-hetero) is 2. The first kappa shape index (κ1) is 36.0. The monoisotopic (exact) mass is 614 g/mol. The van der Waals surface area contributed by atoms with Crippen molar-refractivity contribution in [3.63, 3.8) is 0 Å². The summed E-state index contributed by atoms with van der Waals surface area (Å²) in [6.45, 7) is 0.816. The third-order valence-corrected chi connectivity index (χ3v) is 3.83. The molecule has 0 aromatic carbocycles. The van der Waals surface area contributed by atoms with Crippen LogP contribution < -0.4 is 22.1 Å². The summed E-state index contributed by atoms with van der Waals surface area (Å²) in [5.74, 6) is -2.90. The molecule has 0 aromatic heterocycles. The average molecular weight is 617 g/mol. The van der Waals surface area contributed by atoms with Gasteiger partial charge in [0, 0.05) is 38.8 Å². The lowest BCUT2D eigenvalue weighted by Gasteiger charge is -2.04. The number of alkyl halides is 6. The van der Waals surface area contributed by atoms with Crippen LogP contribution in [0.15, 0.2) is 0 Å². The Morgan fingerprint density at radius 3 is 1.03 bits per heavy atom. The van der Waals surface area contributed by atoms with Gasteiger partial charge in [0.25, 0.3) is 7.59 Å². The Kier molecular flexibility index (Phi) is 21.1. The van der Waals surface area contributed by atoms with E-state index < -0.39 is 19.5 Å². The van der Waals surface area contributed by atoms with Crippen molar-refractivity contribution in [2.75, 3.05) is 13.1 Å². The molecule has 8 N–H and O–H groups in total. The number of carboxylic acids is 2. The number of nitrogens with one attached hydrogen (secondary N) is 2. The molecule has 32 heavy (non-hydrogen) atoms. The van der Waals surface area contributed by atoms with E-state index >= 15 is 0 Å². The third kappa shape index (κ3) is 29.4. The Balaban J connectivity index is -0.000000491. The molecule has 0 heterocycles. The highest BCUT2D eigenvalue weighted by molar-refractivity contribution is 7.80. The Morgan fingerprint density at radius 2 is 0.875 bits per heavy atom. The van der Waals surface area contributed by atoms with Crippen molar-refractivity contribution in [1.82, 2.24) is 10.6 Å². The minimum atomic E-state index is -2.17. The van der Waals surface area contributed by atoms with Gasteiger partial charge in [-0.3, -0.25) is 9.59 Å². The number of hydrogen-bond donors (Lipinski definition) is 6. The predicted molar refractivity (Wildman–Crippen MR) is 134 cm³/mol. The van der Waals surface area contributed by atoms with E-state index in [-0.39, 0.29) is 34.6 Å². The van der Waals surface area contributed by atoms with Crippen LogP contribution in [0.5, 0.6) is 0 Å². The van der Waals surface area contributed by atoms with Crippen molar-refractivity contribution in [3.8, 4) is 0 Å². The number of carboxylic acid groups (broad SMARTS) is 2. The zero-order valence-corrected chi connectivity index (χ0v) is 22.2. The van der Waals surface area contributed by atoms with Gasteiger partial charge in [-0.05, 0) is 24.4 Å². The van der Waals surface area contributed by atoms with Crippen molar-refractivity contribution in [2.24, 2.45) is 11.5 Å². The minimum absolute atomic E-state index is 0.00871. The van der Waals surface area contributed by atoms with Gasteiger partial charge in [0.15, 0.2) is 10.2 Å². The van der Waals surface area contributed by atoms with E-state index in [1.165, 1.54) is 0 Å². The predicted octanol–water partition coefficient (Wildman–Crippen LogP) is 2.23. The quantitative estimate of drug-likeness (QED) is 0.164. The van der Waals surface area contributed by atoms with E-state index in [0.29, 0.717) is 25.9 Å². The maximum absolute atomic E-state index is 11.4. The summed E-state index contributed by atoms with van der Waals surface area (Å²) >= 11 is 38.0. The standard InChI is InChI=1S/C10H18N4O2S2.2C2HCl3O2/c11-9(17)13-5-3-7(15)1-2-8(16)4-6-14-10(12)18;2*3-2(4,5)1(6)7/h1-6H2,(H3,11,13,17)(H3,12,14,18);2*(H,6,7). The number of hydrogen-bond acceptors (Lipinski definition) is 6. The highest BCUT2D eigenvalue weighted by atomic mass is 35.6. The van der Waals surface area contributed by atoms with Crippen molar-refractivity contribution < 1.29 is 29.4 Å². The molecule has 10 nitrogen and oxygen atoms in total. The first-order chi connectivity index (χ1) is 14.3. The van der Waals surface area contributed by atoms with Gasteiger partial charge in [-0.1, -0.05) is 69.6 Å². The summed E-state index contributed by atoms with van der Waals surface area (Å²) in [6, 6.07) is 0. The molecule has 0 aliphatic rings. The smallest absolute Gasteiger partial charge is 0.356 e. The maximum Gasteiger partial charge on any atom is 0.356 e. The molecule has 0 aromatic rings. The van der Waals surface area contributed by atoms with Gasteiger partial charge < -0.3 is 32.3 Å². The minimum Gasteiger partial charge on any atom is -0.478 e. The number of nitrogens with two attached hydrogens (primary N) is 2. The van der Waals surface area contributed by atoms with Crippen LogP contribution in [-0.2, 0) is 19.2 Å². The number of thiocarbonyl (C=S) groups is 2. The van der Waals surface area contributed by atoms with Crippen LogP contribution in [0, 0.1) is 0 Å². The second-order valence-corrected chi connectivity index (χ2v) is 10.7. The fraction of sp³-hybridized carbons (Fsp3) is 0.571. The molecule has 0 bridgehead atoms. The molecule has 0 unspecified atom stereocenters. The van der Waals surface area contributed by atoms with Gasteiger partial charge in [-0.25, -0.2) is 9.59 Å². The van der Waals surface area contributed by atoms with Gasteiger partial charge in [-0.2, -0.15) is 0 Å². The highest BCUT2D eigenvalue weighted by Crippen LogP contribution is 2.25. The van der Waals surface area contributed by atoms with E-state index in [0.717, 1.165) is 0 Å². The summed E-state index contributed by atoms with van der Waals surface area (Å²) in [5, 5.41) is 21.4. The van der Waals surface area contributed by atoms with E-state index in [1.807, 2.05) is 0 Å². The van der Waals surface area contributed by atoms with E-state index in [1.54, 1.807) is 0 Å². The molecular formula is C14H20Cl6N4O6S2. The van der Waals surface area contributed by atoms with Crippen LogP contribution in [0.4, 0.5) is 0 Å². The van der Waals surface area contributed by atoms with Crippen LogP contribution in [0.1, 0.15) is 25.7 Å². The lowest BCUT2D eigenvalue weighted by Crippen LogP contribution is -2.31. The summed E-state index contributed by atoms with van der Waals surface area (Å²) in [4.78, 5) is 42.0. The summed E-state index contributed by atoms with van der Waals surface area (Å²) in [5.41, 5.74) is 10.4. The molecule has 0 spiro atoms. The second kappa shape index (κ2) is 18.8. The van der Waals surface area contributed by atoms with Gasteiger partial charge in [0.05, 0.1) is 0 Å². The van der Waals surface area contributed by atoms with E-state index in [2.05, 4.69) is 35.1 Å². The second-order valence-electron chi connectivity index (χ2n) is 5.27. The number of ketones is 2. The largest absolute Gasteiger partial charge is 0.478 e. The molecule has 0 rings (SSSR count). The van der Waals surface area contributed by atoms with Crippen molar-refractivity contribution in [2.45, 2.75) is 33.3 Å². The van der Waals surface area contributed by atoms with Crippen molar-refractivity contribution in [1.29, 1.82) is 0 Å². The molecular weight excluding hydrogens is 597 g/mol. The van der Waals surface area contributed by atoms with Crippen molar-refractivity contribution >= 4 is 128 Å². The molecule has 0 aliphatic heterocycles. The fourth-order valence-corrected chi connectivity index (χ4v) is 1.38.